The minimum Gasteiger partial charge on any atom is -0.369 e. The van der Waals surface area contributed by atoms with E-state index in [2.05, 4.69) is 0 Å². The lowest BCUT2D eigenvalue weighted by atomic mass is 9.89. The van der Waals surface area contributed by atoms with Gasteiger partial charge in [-0.15, -0.1) is 11.3 Å². The molecule has 1 aromatic heterocycles. The van der Waals surface area contributed by atoms with Crippen molar-refractivity contribution in [2.24, 2.45) is 11.1 Å². The number of carbonyl (C=O) groups excluding carboxylic acids is 2. The van der Waals surface area contributed by atoms with Crippen molar-refractivity contribution in [2.75, 3.05) is 13.1 Å². The van der Waals surface area contributed by atoms with Crippen LogP contribution in [-0.4, -0.2) is 29.8 Å². The van der Waals surface area contributed by atoms with E-state index in [0.29, 0.717) is 0 Å². The summed E-state index contributed by atoms with van der Waals surface area (Å²) in [5, 5.41) is 0. The highest BCUT2D eigenvalue weighted by Crippen LogP contribution is 2.56. The first-order chi connectivity index (χ1) is 9.54. The Morgan fingerprint density at radius 2 is 1.95 bits per heavy atom. The van der Waals surface area contributed by atoms with Gasteiger partial charge in [0.15, 0.2) is 0 Å². The molecular weight excluding hydrogens is 272 g/mol. The van der Waals surface area contributed by atoms with Gasteiger partial charge < -0.3 is 10.6 Å². The Bertz CT molecular complexity index is 542. The summed E-state index contributed by atoms with van der Waals surface area (Å²) in [6.45, 7) is 3.79. The Labute approximate surface area is 122 Å². The number of likely N-dealkylation sites (tertiary alicyclic amines) is 1. The fraction of sp³-hybridized carbons (Fsp3) is 0.600. The average molecular weight is 292 g/mol. The lowest BCUT2D eigenvalue weighted by molar-refractivity contribution is -0.123. The van der Waals surface area contributed by atoms with Crippen LogP contribution in [0.1, 0.15) is 53.1 Å². The fourth-order valence-corrected chi connectivity index (χ4v) is 4.22. The number of primary amides is 1. The molecule has 2 fully saturated rings. The second-order valence-corrected chi connectivity index (χ2v) is 7.06. The van der Waals surface area contributed by atoms with Crippen molar-refractivity contribution in [3.63, 3.8) is 0 Å². The maximum Gasteiger partial charge on any atom is 0.263 e. The van der Waals surface area contributed by atoms with Crippen LogP contribution in [0.2, 0.25) is 0 Å². The number of nitrogens with two attached hydrogens (primary N) is 1. The molecule has 2 aliphatic rings. The molecule has 0 bridgehead atoms. The number of hydrogen-bond acceptors (Lipinski definition) is 3. The van der Waals surface area contributed by atoms with Crippen LogP contribution in [0, 0.1) is 5.41 Å². The lowest BCUT2D eigenvalue weighted by Crippen LogP contribution is -2.29. The number of hydrogen-bond donors (Lipinski definition) is 1. The Balaban J connectivity index is 1.76. The summed E-state index contributed by atoms with van der Waals surface area (Å²) >= 11 is 1.52. The average Bonchev–Trinajstić information content (AvgIpc) is 2.90. The third-order valence-electron chi connectivity index (χ3n) is 4.77. The minimum atomic E-state index is -0.362. The van der Waals surface area contributed by atoms with Crippen LogP contribution in [-0.2, 0) is 4.79 Å². The summed E-state index contributed by atoms with van der Waals surface area (Å²) < 4.78 is 0. The number of rotatable bonds is 4. The maximum absolute atomic E-state index is 12.3. The Morgan fingerprint density at radius 3 is 2.50 bits per heavy atom. The van der Waals surface area contributed by atoms with E-state index in [1.165, 1.54) is 11.3 Å². The molecule has 4 nitrogen and oxygen atoms in total. The molecule has 5 heteroatoms. The summed E-state index contributed by atoms with van der Waals surface area (Å²) in [7, 11) is 0. The molecule has 2 N–H and O–H groups in total. The van der Waals surface area contributed by atoms with Crippen molar-refractivity contribution < 1.29 is 9.59 Å². The molecule has 0 spiro atoms. The summed E-state index contributed by atoms with van der Waals surface area (Å²) in [4.78, 5) is 27.7. The first-order valence-electron chi connectivity index (χ1n) is 7.23. The van der Waals surface area contributed by atoms with Gasteiger partial charge in [0.25, 0.3) is 5.91 Å². The normalized spacial score (nSPS) is 21.8. The van der Waals surface area contributed by atoms with E-state index < -0.39 is 0 Å². The predicted octanol–water partition coefficient (Wildman–Crippen LogP) is 2.35. The van der Waals surface area contributed by atoms with Crippen LogP contribution in [0.4, 0.5) is 0 Å². The van der Waals surface area contributed by atoms with Crippen LogP contribution in [0.5, 0.6) is 0 Å². The van der Waals surface area contributed by atoms with Crippen molar-refractivity contribution in [2.45, 2.75) is 38.5 Å². The molecule has 1 saturated carbocycles. The molecule has 108 valence electrons. The molecule has 1 aliphatic heterocycles. The first-order valence-corrected chi connectivity index (χ1v) is 8.05. The highest BCUT2D eigenvalue weighted by molar-refractivity contribution is 7.14. The zero-order valence-corrected chi connectivity index (χ0v) is 12.5. The maximum atomic E-state index is 12.3. The Kier molecular flexibility index (Phi) is 3.32. The zero-order chi connectivity index (χ0) is 14.3. The SMILES string of the molecule is C[C@@H](c1ccc(C(=O)N2CCCC2)s1)C1(C(N)=O)CC1. The van der Waals surface area contributed by atoms with E-state index in [9.17, 15) is 9.59 Å². The van der Waals surface area contributed by atoms with E-state index in [-0.39, 0.29) is 23.1 Å². The largest absolute Gasteiger partial charge is 0.369 e. The predicted molar refractivity (Wildman–Crippen MR) is 78.7 cm³/mol. The molecule has 1 aromatic rings. The second kappa shape index (κ2) is 4.88. The van der Waals surface area contributed by atoms with E-state index in [1.54, 1.807) is 0 Å². The molecule has 0 aromatic carbocycles. The number of nitrogens with zero attached hydrogens (tertiary/aromatic N) is 1. The van der Waals surface area contributed by atoms with Crippen molar-refractivity contribution in [1.82, 2.24) is 4.90 Å². The summed E-state index contributed by atoms with van der Waals surface area (Å²) in [6.07, 6.45) is 3.95. The van der Waals surface area contributed by atoms with Gasteiger partial charge in [0, 0.05) is 23.9 Å². The highest BCUT2D eigenvalue weighted by Gasteiger charge is 2.53. The van der Waals surface area contributed by atoms with E-state index in [4.69, 9.17) is 5.73 Å². The zero-order valence-electron chi connectivity index (χ0n) is 11.7. The Morgan fingerprint density at radius 1 is 1.30 bits per heavy atom. The monoisotopic (exact) mass is 292 g/mol. The first kappa shape index (κ1) is 13.6. The third kappa shape index (κ3) is 2.14. The molecule has 20 heavy (non-hydrogen) atoms. The van der Waals surface area contributed by atoms with Gasteiger partial charge in [-0.2, -0.15) is 0 Å². The van der Waals surface area contributed by atoms with Gasteiger partial charge >= 0.3 is 0 Å². The van der Waals surface area contributed by atoms with Crippen molar-refractivity contribution >= 4 is 23.2 Å². The molecular formula is C15H20N2O2S. The molecule has 1 atom stereocenters. The van der Waals surface area contributed by atoms with Gasteiger partial charge in [0.1, 0.15) is 0 Å². The Hall–Kier alpha value is -1.36. The summed E-state index contributed by atoms with van der Waals surface area (Å²) in [5.74, 6) is 0.0471. The third-order valence-corrected chi connectivity index (χ3v) is 6.02. The molecule has 1 aliphatic carbocycles. The fourth-order valence-electron chi connectivity index (χ4n) is 3.08. The molecule has 2 amide bonds. The van der Waals surface area contributed by atoms with Crippen molar-refractivity contribution in [3.05, 3.63) is 21.9 Å². The van der Waals surface area contributed by atoms with E-state index in [0.717, 1.165) is 48.5 Å². The van der Waals surface area contributed by atoms with Gasteiger partial charge in [-0.1, -0.05) is 6.92 Å². The van der Waals surface area contributed by atoms with Gasteiger partial charge in [-0.3, -0.25) is 9.59 Å². The van der Waals surface area contributed by atoms with Crippen LogP contribution >= 0.6 is 11.3 Å². The second-order valence-electron chi connectivity index (χ2n) is 5.94. The number of carbonyl (C=O) groups is 2. The van der Waals surface area contributed by atoms with E-state index in [1.807, 2.05) is 24.0 Å². The van der Waals surface area contributed by atoms with Gasteiger partial charge in [0.2, 0.25) is 5.91 Å². The smallest absolute Gasteiger partial charge is 0.263 e. The topological polar surface area (TPSA) is 63.4 Å². The van der Waals surface area contributed by atoms with Crippen LogP contribution in [0.25, 0.3) is 0 Å². The molecule has 0 unspecified atom stereocenters. The van der Waals surface area contributed by atoms with Crippen molar-refractivity contribution in [1.29, 1.82) is 0 Å². The molecule has 0 radical (unpaired) electrons. The van der Waals surface area contributed by atoms with Gasteiger partial charge in [-0.25, -0.2) is 0 Å². The quantitative estimate of drug-likeness (QED) is 0.926. The molecule has 1 saturated heterocycles. The lowest BCUT2D eigenvalue weighted by Gasteiger charge is -2.18. The minimum absolute atomic E-state index is 0.116. The number of amides is 2. The summed E-state index contributed by atoms with van der Waals surface area (Å²) in [6, 6.07) is 3.88. The molecule has 3 rings (SSSR count). The highest BCUT2D eigenvalue weighted by atomic mass is 32.1. The number of thiophene rings is 1. The van der Waals surface area contributed by atoms with Crippen LogP contribution in [0.15, 0.2) is 12.1 Å². The summed E-state index contributed by atoms with van der Waals surface area (Å²) in [5.41, 5.74) is 5.17. The van der Waals surface area contributed by atoms with Gasteiger partial charge in [-0.05, 0) is 37.8 Å². The van der Waals surface area contributed by atoms with Gasteiger partial charge in [0.05, 0.1) is 10.3 Å². The van der Waals surface area contributed by atoms with Crippen LogP contribution in [0.3, 0.4) is 0 Å². The van der Waals surface area contributed by atoms with Crippen molar-refractivity contribution in [3.8, 4) is 0 Å². The van der Waals surface area contributed by atoms with Crippen LogP contribution < -0.4 is 5.73 Å². The van der Waals surface area contributed by atoms with E-state index >= 15 is 0 Å². The molecule has 2 heterocycles. The standard InChI is InChI=1S/C15H20N2O2S/c1-10(15(6-7-15)14(16)19)11-4-5-12(20-11)13(18)17-8-2-3-9-17/h4-5,10H,2-3,6-9H2,1H3,(H2,16,19)/t10-/m0/s1.